The first-order valence-corrected chi connectivity index (χ1v) is 5.34. The third-order valence-electron chi connectivity index (χ3n) is 2.15. The zero-order valence-electron chi connectivity index (χ0n) is 8.00. The second-order valence-corrected chi connectivity index (χ2v) is 4.26. The van der Waals surface area contributed by atoms with Crippen LogP contribution in [-0.4, -0.2) is 15.9 Å². The molecule has 0 radical (unpaired) electrons. The molecule has 0 fully saturated rings. The van der Waals surface area contributed by atoms with E-state index in [1.807, 2.05) is 16.8 Å². The summed E-state index contributed by atoms with van der Waals surface area (Å²) >= 11 is 3.46. The molecule has 2 aromatic heterocycles. The highest BCUT2D eigenvalue weighted by atomic mass is 79.9. The van der Waals surface area contributed by atoms with Crippen LogP contribution in [0.3, 0.4) is 0 Å². The summed E-state index contributed by atoms with van der Waals surface area (Å²) < 4.78 is 3.10. The summed E-state index contributed by atoms with van der Waals surface area (Å²) in [5.41, 5.74) is 8.72. The Kier molecular flexibility index (Phi) is 2.56. The molecule has 0 amide bonds. The molecule has 0 unspecified atom stereocenters. The van der Waals surface area contributed by atoms with Crippen molar-refractivity contribution in [3.8, 4) is 0 Å². The van der Waals surface area contributed by atoms with Crippen LogP contribution >= 0.6 is 15.9 Å². The van der Waals surface area contributed by atoms with Crippen LogP contribution in [-0.2, 0) is 6.42 Å². The van der Waals surface area contributed by atoms with Crippen LogP contribution in [0, 0.1) is 6.92 Å². The second-order valence-electron chi connectivity index (χ2n) is 3.34. The molecule has 0 spiro atoms. The minimum Gasteiger partial charge on any atom is -0.330 e. The van der Waals surface area contributed by atoms with Crippen molar-refractivity contribution in [1.82, 2.24) is 9.38 Å². The zero-order valence-corrected chi connectivity index (χ0v) is 9.58. The third kappa shape index (κ3) is 1.67. The Labute approximate surface area is 91.1 Å². The zero-order chi connectivity index (χ0) is 10.1. The van der Waals surface area contributed by atoms with E-state index in [9.17, 15) is 0 Å². The SMILES string of the molecule is Cc1cc(Br)cn2cc(CCN)nc12. The average Bonchev–Trinajstić information content (AvgIpc) is 2.48. The van der Waals surface area contributed by atoms with Gasteiger partial charge in [0.1, 0.15) is 5.65 Å². The predicted octanol–water partition coefficient (Wildman–Crippen LogP) is 1.91. The Balaban J connectivity index is 2.58. The van der Waals surface area contributed by atoms with Gasteiger partial charge in [0.05, 0.1) is 5.69 Å². The van der Waals surface area contributed by atoms with E-state index < -0.39 is 0 Å². The van der Waals surface area contributed by atoms with Crippen molar-refractivity contribution in [2.45, 2.75) is 13.3 Å². The van der Waals surface area contributed by atoms with Gasteiger partial charge in [-0.1, -0.05) is 0 Å². The van der Waals surface area contributed by atoms with Gasteiger partial charge in [-0.05, 0) is 41.0 Å². The number of pyridine rings is 1. The van der Waals surface area contributed by atoms with E-state index >= 15 is 0 Å². The fourth-order valence-corrected chi connectivity index (χ4v) is 2.11. The Bertz CT molecular complexity index is 462. The van der Waals surface area contributed by atoms with Crippen LogP contribution in [0.1, 0.15) is 11.3 Å². The molecular weight excluding hydrogens is 242 g/mol. The lowest BCUT2D eigenvalue weighted by Crippen LogP contribution is -2.02. The van der Waals surface area contributed by atoms with E-state index in [0.29, 0.717) is 6.54 Å². The number of nitrogens with zero attached hydrogens (tertiary/aromatic N) is 2. The number of nitrogens with two attached hydrogens (primary N) is 1. The van der Waals surface area contributed by atoms with Crippen LogP contribution in [0.25, 0.3) is 5.65 Å². The molecule has 4 heteroatoms. The maximum atomic E-state index is 5.49. The first-order chi connectivity index (χ1) is 6.70. The maximum Gasteiger partial charge on any atom is 0.139 e. The molecule has 0 aliphatic carbocycles. The van der Waals surface area contributed by atoms with Crippen molar-refractivity contribution < 1.29 is 0 Å². The molecule has 3 nitrogen and oxygen atoms in total. The van der Waals surface area contributed by atoms with Gasteiger partial charge in [0, 0.05) is 23.3 Å². The number of halogens is 1. The summed E-state index contributed by atoms with van der Waals surface area (Å²) in [6.07, 6.45) is 4.87. The lowest BCUT2D eigenvalue weighted by Gasteiger charge is -1.97. The Hall–Kier alpha value is -0.870. The highest BCUT2D eigenvalue weighted by Gasteiger charge is 2.04. The van der Waals surface area contributed by atoms with Gasteiger partial charge >= 0.3 is 0 Å². The quantitative estimate of drug-likeness (QED) is 0.889. The van der Waals surface area contributed by atoms with Gasteiger partial charge in [-0.25, -0.2) is 4.98 Å². The molecule has 0 atom stereocenters. The molecule has 74 valence electrons. The van der Waals surface area contributed by atoms with Gasteiger partial charge in [0.2, 0.25) is 0 Å². The fraction of sp³-hybridized carbons (Fsp3) is 0.300. The van der Waals surface area contributed by atoms with E-state index in [1.165, 1.54) is 5.56 Å². The maximum absolute atomic E-state index is 5.49. The van der Waals surface area contributed by atoms with Gasteiger partial charge in [-0.3, -0.25) is 0 Å². The molecule has 0 aliphatic rings. The minimum atomic E-state index is 0.643. The van der Waals surface area contributed by atoms with E-state index in [4.69, 9.17) is 5.73 Å². The Morgan fingerprint density at radius 1 is 1.50 bits per heavy atom. The first-order valence-electron chi connectivity index (χ1n) is 4.54. The van der Waals surface area contributed by atoms with Crippen molar-refractivity contribution in [3.05, 3.63) is 34.2 Å². The monoisotopic (exact) mass is 253 g/mol. The molecule has 2 heterocycles. The topological polar surface area (TPSA) is 43.3 Å². The molecule has 2 N–H and O–H groups in total. The van der Waals surface area contributed by atoms with Crippen molar-refractivity contribution in [2.75, 3.05) is 6.54 Å². The van der Waals surface area contributed by atoms with Gasteiger partial charge < -0.3 is 10.1 Å². The summed E-state index contributed by atoms with van der Waals surface area (Å²) in [5.74, 6) is 0. The van der Waals surface area contributed by atoms with E-state index in [0.717, 1.165) is 22.2 Å². The van der Waals surface area contributed by atoms with Gasteiger partial charge in [-0.15, -0.1) is 0 Å². The molecule has 14 heavy (non-hydrogen) atoms. The Morgan fingerprint density at radius 3 is 3.00 bits per heavy atom. The molecule has 2 rings (SSSR count). The van der Waals surface area contributed by atoms with Crippen molar-refractivity contribution in [1.29, 1.82) is 0 Å². The summed E-state index contributed by atoms with van der Waals surface area (Å²) in [5, 5.41) is 0. The van der Waals surface area contributed by atoms with Crippen molar-refractivity contribution in [2.24, 2.45) is 5.73 Å². The van der Waals surface area contributed by atoms with Crippen LogP contribution < -0.4 is 5.73 Å². The molecular formula is C10H12BrN3. The number of hydrogen-bond donors (Lipinski definition) is 1. The lowest BCUT2D eigenvalue weighted by molar-refractivity contribution is 0.937. The lowest BCUT2D eigenvalue weighted by atomic mass is 10.3. The van der Waals surface area contributed by atoms with E-state index in [-0.39, 0.29) is 0 Å². The smallest absolute Gasteiger partial charge is 0.139 e. The molecule has 0 saturated carbocycles. The van der Waals surface area contributed by atoms with Crippen molar-refractivity contribution in [3.63, 3.8) is 0 Å². The van der Waals surface area contributed by atoms with Crippen LogP contribution in [0.4, 0.5) is 0 Å². The summed E-state index contributed by atoms with van der Waals surface area (Å²) in [6.45, 7) is 2.70. The fourth-order valence-electron chi connectivity index (χ4n) is 1.54. The predicted molar refractivity (Wildman–Crippen MR) is 60.4 cm³/mol. The second kappa shape index (κ2) is 3.71. The summed E-state index contributed by atoms with van der Waals surface area (Å²) in [7, 11) is 0. The van der Waals surface area contributed by atoms with Crippen molar-refractivity contribution >= 4 is 21.6 Å². The minimum absolute atomic E-state index is 0.643. The average molecular weight is 254 g/mol. The highest BCUT2D eigenvalue weighted by molar-refractivity contribution is 9.10. The van der Waals surface area contributed by atoms with Crippen LogP contribution in [0.2, 0.25) is 0 Å². The number of fused-ring (bicyclic) bond motifs is 1. The molecule has 0 aromatic carbocycles. The summed E-state index contributed by atoms with van der Waals surface area (Å²) in [6, 6.07) is 2.06. The first kappa shape index (κ1) is 9.68. The molecule has 0 aliphatic heterocycles. The normalized spacial score (nSPS) is 11.1. The molecule has 0 saturated heterocycles. The van der Waals surface area contributed by atoms with Gasteiger partial charge in [0.15, 0.2) is 0 Å². The Morgan fingerprint density at radius 2 is 2.29 bits per heavy atom. The highest BCUT2D eigenvalue weighted by Crippen LogP contribution is 2.17. The van der Waals surface area contributed by atoms with Gasteiger partial charge in [0.25, 0.3) is 0 Å². The standard InChI is InChI=1S/C10H12BrN3/c1-7-4-8(11)5-14-6-9(2-3-12)13-10(7)14/h4-6H,2-3,12H2,1H3. The van der Waals surface area contributed by atoms with Crippen LogP contribution in [0.15, 0.2) is 22.9 Å². The van der Waals surface area contributed by atoms with E-state index in [2.05, 4.69) is 33.9 Å². The number of rotatable bonds is 2. The van der Waals surface area contributed by atoms with Crippen LogP contribution in [0.5, 0.6) is 0 Å². The van der Waals surface area contributed by atoms with E-state index in [1.54, 1.807) is 0 Å². The summed E-state index contributed by atoms with van der Waals surface area (Å²) in [4.78, 5) is 4.51. The molecule has 0 bridgehead atoms. The number of aryl methyl sites for hydroxylation is 1. The number of hydrogen-bond acceptors (Lipinski definition) is 2. The van der Waals surface area contributed by atoms with Gasteiger partial charge in [-0.2, -0.15) is 0 Å². The largest absolute Gasteiger partial charge is 0.330 e. The number of aromatic nitrogens is 2. The third-order valence-corrected chi connectivity index (χ3v) is 2.59. The number of imidazole rings is 1. The molecule has 2 aromatic rings.